The molecule has 0 saturated heterocycles. The Bertz CT molecular complexity index is 209. The second kappa shape index (κ2) is 5.29. The lowest BCUT2D eigenvalue weighted by Crippen LogP contribution is -2.45. The van der Waals surface area contributed by atoms with Crippen molar-refractivity contribution in [3.63, 3.8) is 0 Å². The SMILES string of the molecule is CNC(=O)[C@H](CC(C)=O)NC(C)=O. The minimum Gasteiger partial charge on any atom is -0.357 e. The van der Waals surface area contributed by atoms with Crippen LogP contribution in [0.4, 0.5) is 0 Å². The molecule has 5 nitrogen and oxygen atoms in total. The van der Waals surface area contributed by atoms with Crippen LogP contribution in [-0.4, -0.2) is 30.7 Å². The Morgan fingerprint density at radius 2 is 1.77 bits per heavy atom. The molecule has 5 heteroatoms. The van der Waals surface area contributed by atoms with Crippen LogP contribution < -0.4 is 10.6 Å². The van der Waals surface area contributed by atoms with E-state index in [4.69, 9.17) is 0 Å². The number of hydrogen-bond acceptors (Lipinski definition) is 3. The van der Waals surface area contributed by atoms with Crippen molar-refractivity contribution in [1.82, 2.24) is 10.6 Å². The molecule has 0 fully saturated rings. The van der Waals surface area contributed by atoms with Gasteiger partial charge in [0.2, 0.25) is 11.8 Å². The van der Waals surface area contributed by atoms with Crippen molar-refractivity contribution < 1.29 is 14.4 Å². The second-order valence-corrected chi connectivity index (χ2v) is 2.77. The zero-order chi connectivity index (χ0) is 10.4. The average Bonchev–Trinajstić information content (AvgIpc) is 2.00. The Hall–Kier alpha value is -1.39. The largest absolute Gasteiger partial charge is 0.357 e. The van der Waals surface area contributed by atoms with Crippen LogP contribution in [0.3, 0.4) is 0 Å². The molecule has 0 aromatic heterocycles. The molecule has 74 valence electrons. The molecule has 2 amide bonds. The fourth-order valence-electron chi connectivity index (χ4n) is 0.916. The molecule has 0 aliphatic rings. The van der Waals surface area contributed by atoms with E-state index < -0.39 is 6.04 Å². The monoisotopic (exact) mass is 186 g/mol. The van der Waals surface area contributed by atoms with Gasteiger partial charge in [0.25, 0.3) is 0 Å². The Kier molecular flexibility index (Phi) is 4.72. The molecule has 2 N–H and O–H groups in total. The van der Waals surface area contributed by atoms with Crippen molar-refractivity contribution in [3.05, 3.63) is 0 Å². The summed E-state index contributed by atoms with van der Waals surface area (Å²) in [7, 11) is 1.46. The predicted molar refractivity (Wildman–Crippen MR) is 47.0 cm³/mol. The second-order valence-electron chi connectivity index (χ2n) is 2.77. The molecule has 13 heavy (non-hydrogen) atoms. The van der Waals surface area contributed by atoms with Crippen molar-refractivity contribution >= 4 is 17.6 Å². The van der Waals surface area contributed by atoms with Crippen molar-refractivity contribution in [3.8, 4) is 0 Å². The number of carbonyl (C=O) groups is 3. The molecule has 0 radical (unpaired) electrons. The average molecular weight is 186 g/mol. The van der Waals surface area contributed by atoms with Gasteiger partial charge in [-0.3, -0.25) is 14.4 Å². The number of hydrogen-bond donors (Lipinski definition) is 2. The van der Waals surface area contributed by atoms with Crippen LogP contribution in [0.15, 0.2) is 0 Å². The fraction of sp³-hybridized carbons (Fsp3) is 0.625. The first-order valence-corrected chi connectivity index (χ1v) is 3.95. The summed E-state index contributed by atoms with van der Waals surface area (Å²) in [5, 5.41) is 4.76. The summed E-state index contributed by atoms with van der Waals surface area (Å²) >= 11 is 0. The number of carbonyl (C=O) groups excluding carboxylic acids is 3. The number of Topliss-reactive ketones (excluding diaryl/α,β-unsaturated/α-hetero) is 1. The zero-order valence-corrected chi connectivity index (χ0v) is 8.01. The van der Waals surface area contributed by atoms with E-state index in [1.165, 1.54) is 20.9 Å². The summed E-state index contributed by atoms with van der Waals surface area (Å²) < 4.78 is 0. The van der Waals surface area contributed by atoms with Gasteiger partial charge in [0.1, 0.15) is 11.8 Å². The molecule has 0 heterocycles. The standard InChI is InChI=1S/C8H14N2O3/c1-5(11)4-7(8(13)9-3)10-6(2)12/h7H,4H2,1-3H3,(H,9,13)(H,10,12)/t7-/m0/s1. The normalized spacial score (nSPS) is 11.6. The number of rotatable bonds is 4. The number of nitrogens with one attached hydrogen (secondary N) is 2. The molecular weight excluding hydrogens is 172 g/mol. The van der Waals surface area contributed by atoms with Crippen LogP contribution >= 0.6 is 0 Å². The van der Waals surface area contributed by atoms with Crippen LogP contribution in [0.2, 0.25) is 0 Å². The van der Waals surface area contributed by atoms with E-state index >= 15 is 0 Å². The maximum Gasteiger partial charge on any atom is 0.242 e. The van der Waals surface area contributed by atoms with E-state index in [0.717, 1.165) is 0 Å². The Labute approximate surface area is 76.9 Å². The minimum atomic E-state index is -0.750. The summed E-state index contributed by atoms with van der Waals surface area (Å²) in [5.41, 5.74) is 0. The highest BCUT2D eigenvalue weighted by Gasteiger charge is 2.19. The lowest BCUT2D eigenvalue weighted by molar-refractivity contribution is -0.130. The first-order valence-electron chi connectivity index (χ1n) is 3.95. The van der Waals surface area contributed by atoms with Gasteiger partial charge < -0.3 is 10.6 Å². The van der Waals surface area contributed by atoms with E-state index in [1.54, 1.807) is 0 Å². The fourth-order valence-corrected chi connectivity index (χ4v) is 0.916. The summed E-state index contributed by atoms with van der Waals surface area (Å²) in [6, 6.07) is -0.750. The molecule has 1 atom stereocenters. The molecule has 0 spiro atoms. The van der Waals surface area contributed by atoms with Gasteiger partial charge in [-0.2, -0.15) is 0 Å². The van der Waals surface area contributed by atoms with Crippen LogP contribution in [0.1, 0.15) is 20.3 Å². The minimum absolute atomic E-state index is 0.0270. The summed E-state index contributed by atoms with van der Waals surface area (Å²) in [6.45, 7) is 2.67. The molecule has 0 rings (SSSR count). The first-order chi connectivity index (χ1) is 5.97. The topological polar surface area (TPSA) is 75.3 Å². The summed E-state index contributed by atoms with van der Waals surface area (Å²) in [4.78, 5) is 32.5. The van der Waals surface area contributed by atoms with Crippen molar-refractivity contribution in [2.45, 2.75) is 26.3 Å². The van der Waals surface area contributed by atoms with Gasteiger partial charge in [0.15, 0.2) is 0 Å². The van der Waals surface area contributed by atoms with Gasteiger partial charge in [-0.15, -0.1) is 0 Å². The van der Waals surface area contributed by atoms with E-state index in [1.807, 2.05) is 0 Å². The van der Waals surface area contributed by atoms with Crippen LogP contribution in [0.25, 0.3) is 0 Å². The first kappa shape index (κ1) is 11.6. The van der Waals surface area contributed by atoms with Crippen LogP contribution in [0.5, 0.6) is 0 Å². The van der Waals surface area contributed by atoms with Gasteiger partial charge in [0, 0.05) is 20.4 Å². The van der Waals surface area contributed by atoms with Gasteiger partial charge in [-0.05, 0) is 6.92 Å². The number of ketones is 1. The lowest BCUT2D eigenvalue weighted by Gasteiger charge is -2.14. The summed E-state index contributed by atoms with van der Waals surface area (Å²) in [5.74, 6) is -0.817. The highest BCUT2D eigenvalue weighted by atomic mass is 16.2. The number of likely N-dealkylation sites (N-methyl/N-ethyl adjacent to an activating group) is 1. The van der Waals surface area contributed by atoms with Crippen LogP contribution in [0, 0.1) is 0 Å². The number of amides is 2. The molecule has 0 saturated carbocycles. The molecule has 0 aliphatic carbocycles. The van der Waals surface area contributed by atoms with E-state index in [-0.39, 0.29) is 24.0 Å². The lowest BCUT2D eigenvalue weighted by atomic mass is 10.1. The van der Waals surface area contributed by atoms with Gasteiger partial charge in [0.05, 0.1) is 0 Å². The van der Waals surface area contributed by atoms with Gasteiger partial charge in [-0.25, -0.2) is 0 Å². The maximum absolute atomic E-state index is 11.1. The maximum atomic E-state index is 11.1. The molecule has 0 aromatic rings. The van der Waals surface area contributed by atoms with E-state index in [2.05, 4.69) is 10.6 Å². The predicted octanol–water partition coefficient (Wildman–Crippen LogP) is -0.784. The smallest absolute Gasteiger partial charge is 0.242 e. The third-order valence-corrected chi connectivity index (χ3v) is 1.43. The quantitative estimate of drug-likeness (QED) is 0.604. The molecule has 0 aromatic carbocycles. The Morgan fingerprint density at radius 3 is 2.08 bits per heavy atom. The highest BCUT2D eigenvalue weighted by Crippen LogP contribution is 1.93. The van der Waals surface area contributed by atoms with Crippen molar-refractivity contribution in [2.24, 2.45) is 0 Å². The van der Waals surface area contributed by atoms with Crippen molar-refractivity contribution in [1.29, 1.82) is 0 Å². The van der Waals surface area contributed by atoms with E-state index in [0.29, 0.717) is 0 Å². The molecule has 0 unspecified atom stereocenters. The van der Waals surface area contributed by atoms with Gasteiger partial charge >= 0.3 is 0 Å². The van der Waals surface area contributed by atoms with Gasteiger partial charge in [-0.1, -0.05) is 0 Å². The van der Waals surface area contributed by atoms with Crippen molar-refractivity contribution in [2.75, 3.05) is 7.05 Å². The van der Waals surface area contributed by atoms with Crippen LogP contribution in [-0.2, 0) is 14.4 Å². The highest BCUT2D eigenvalue weighted by molar-refractivity contribution is 5.91. The Balaban J connectivity index is 4.26. The van der Waals surface area contributed by atoms with E-state index in [9.17, 15) is 14.4 Å². The molecule has 0 bridgehead atoms. The summed E-state index contributed by atoms with van der Waals surface area (Å²) in [6.07, 6.45) is 0.0270. The Morgan fingerprint density at radius 1 is 1.23 bits per heavy atom. The molecule has 0 aliphatic heterocycles. The zero-order valence-electron chi connectivity index (χ0n) is 8.01. The molecular formula is C8H14N2O3. The third-order valence-electron chi connectivity index (χ3n) is 1.43. The third kappa shape index (κ3) is 4.95.